The van der Waals surface area contributed by atoms with E-state index in [-0.39, 0.29) is 27.0 Å². The number of hydrogen-bond acceptors (Lipinski definition) is 4. The standard InChI is InChI=1S/C14H10BrNO5/c15-10-6-7(5-9(12(10)18)14(20)21)16-13(19)8-3-1-2-4-11(8)17/h1-6,17-18H,(H,16,19)(H,20,21). The molecule has 0 spiro atoms. The maximum atomic E-state index is 12.0. The Balaban J connectivity index is 2.34. The van der Waals surface area contributed by atoms with Crippen LogP contribution in [0.4, 0.5) is 5.69 Å². The summed E-state index contributed by atoms with van der Waals surface area (Å²) >= 11 is 3.01. The van der Waals surface area contributed by atoms with Crippen LogP contribution in [-0.4, -0.2) is 27.2 Å². The largest absolute Gasteiger partial charge is 0.507 e. The number of carboxylic acids is 1. The molecule has 21 heavy (non-hydrogen) atoms. The number of benzene rings is 2. The van der Waals surface area contributed by atoms with Crippen molar-refractivity contribution in [3.63, 3.8) is 0 Å². The van der Waals surface area contributed by atoms with Gasteiger partial charge in [0.05, 0.1) is 10.0 Å². The summed E-state index contributed by atoms with van der Waals surface area (Å²) in [6.07, 6.45) is 0. The first kappa shape index (κ1) is 14.9. The summed E-state index contributed by atoms with van der Waals surface area (Å²) < 4.78 is 0.134. The lowest BCUT2D eigenvalue weighted by atomic mass is 10.1. The number of carbonyl (C=O) groups excluding carboxylic acids is 1. The number of aromatic carboxylic acids is 1. The number of anilines is 1. The van der Waals surface area contributed by atoms with Gasteiger partial charge in [0.1, 0.15) is 17.1 Å². The molecule has 4 N–H and O–H groups in total. The van der Waals surface area contributed by atoms with Crippen molar-refractivity contribution in [2.24, 2.45) is 0 Å². The molecule has 2 rings (SSSR count). The number of carboxylic acid groups (broad SMARTS) is 1. The molecule has 0 heterocycles. The lowest BCUT2D eigenvalue weighted by Crippen LogP contribution is -2.12. The predicted molar refractivity (Wildman–Crippen MR) is 78.8 cm³/mol. The van der Waals surface area contributed by atoms with E-state index in [4.69, 9.17) is 5.11 Å². The fraction of sp³-hybridized carbons (Fsp3) is 0. The summed E-state index contributed by atoms with van der Waals surface area (Å²) in [7, 11) is 0. The van der Waals surface area contributed by atoms with E-state index in [2.05, 4.69) is 21.2 Å². The van der Waals surface area contributed by atoms with Crippen molar-refractivity contribution in [3.05, 3.63) is 52.0 Å². The number of phenols is 2. The molecule has 0 saturated heterocycles. The first-order chi connectivity index (χ1) is 9.90. The molecular formula is C14H10BrNO5. The van der Waals surface area contributed by atoms with Crippen molar-refractivity contribution in [2.45, 2.75) is 0 Å². The zero-order valence-electron chi connectivity index (χ0n) is 10.5. The Morgan fingerprint density at radius 1 is 1.05 bits per heavy atom. The number of halogens is 1. The lowest BCUT2D eigenvalue weighted by molar-refractivity contribution is 0.0693. The van der Waals surface area contributed by atoms with Gasteiger partial charge in [-0.3, -0.25) is 4.79 Å². The topological polar surface area (TPSA) is 107 Å². The Labute approximate surface area is 127 Å². The van der Waals surface area contributed by atoms with Crippen LogP contribution in [0.5, 0.6) is 11.5 Å². The van der Waals surface area contributed by atoms with Crippen molar-refractivity contribution >= 4 is 33.5 Å². The van der Waals surface area contributed by atoms with Crippen molar-refractivity contribution in [2.75, 3.05) is 5.32 Å². The quantitative estimate of drug-likeness (QED) is 0.636. The van der Waals surface area contributed by atoms with Crippen LogP contribution in [0, 0.1) is 0 Å². The number of nitrogens with one attached hydrogen (secondary N) is 1. The summed E-state index contributed by atoms with van der Waals surface area (Å²) in [5.41, 5.74) is -0.124. The average Bonchev–Trinajstić information content (AvgIpc) is 2.42. The van der Waals surface area contributed by atoms with E-state index in [1.54, 1.807) is 12.1 Å². The van der Waals surface area contributed by atoms with E-state index in [0.717, 1.165) is 6.07 Å². The van der Waals surface area contributed by atoms with Crippen LogP contribution in [0.3, 0.4) is 0 Å². The Morgan fingerprint density at radius 3 is 2.33 bits per heavy atom. The summed E-state index contributed by atoms with van der Waals surface area (Å²) in [4.78, 5) is 23.0. The summed E-state index contributed by atoms with van der Waals surface area (Å²) in [5, 5.41) is 30.6. The van der Waals surface area contributed by atoms with Gasteiger partial charge in [-0.25, -0.2) is 4.79 Å². The van der Waals surface area contributed by atoms with Gasteiger partial charge in [0.25, 0.3) is 5.91 Å². The third kappa shape index (κ3) is 3.14. The highest BCUT2D eigenvalue weighted by Gasteiger charge is 2.16. The molecule has 0 aliphatic carbocycles. The van der Waals surface area contributed by atoms with E-state index in [9.17, 15) is 19.8 Å². The van der Waals surface area contributed by atoms with Crippen LogP contribution in [0.25, 0.3) is 0 Å². The Bertz CT molecular complexity index is 729. The number of amides is 1. The molecular weight excluding hydrogens is 342 g/mol. The van der Waals surface area contributed by atoms with Gasteiger partial charge < -0.3 is 20.6 Å². The average molecular weight is 352 g/mol. The van der Waals surface area contributed by atoms with Crippen LogP contribution >= 0.6 is 15.9 Å². The second kappa shape index (κ2) is 5.84. The van der Waals surface area contributed by atoms with E-state index in [1.165, 1.54) is 18.2 Å². The highest BCUT2D eigenvalue weighted by atomic mass is 79.9. The van der Waals surface area contributed by atoms with Crippen LogP contribution in [0.1, 0.15) is 20.7 Å². The fourth-order valence-electron chi connectivity index (χ4n) is 1.70. The van der Waals surface area contributed by atoms with E-state index < -0.39 is 17.6 Å². The van der Waals surface area contributed by atoms with E-state index in [1.807, 2.05) is 0 Å². The van der Waals surface area contributed by atoms with Crippen LogP contribution < -0.4 is 5.32 Å². The summed E-state index contributed by atoms with van der Waals surface area (Å²) in [5.74, 6) is -2.54. The molecule has 2 aromatic rings. The highest BCUT2D eigenvalue weighted by Crippen LogP contribution is 2.32. The molecule has 0 aliphatic rings. The minimum absolute atomic E-state index is 0.0542. The lowest BCUT2D eigenvalue weighted by Gasteiger charge is -2.09. The number of rotatable bonds is 3. The van der Waals surface area contributed by atoms with Gasteiger partial charge in [0.15, 0.2) is 0 Å². The summed E-state index contributed by atoms with van der Waals surface area (Å²) in [6.45, 7) is 0. The molecule has 1 amide bonds. The third-order valence-electron chi connectivity index (χ3n) is 2.70. The van der Waals surface area contributed by atoms with Crippen LogP contribution in [-0.2, 0) is 0 Å². The SMILES string of the molecule is O=C(Nc1cc(Br)c(O)c(C(=O)O)c1)c1ccccc1O. The molecule has 0 radical (unpaired) electrons. The summed E-state index contributed by atoms with van der Waals surface area (Å²) in [6, 6.07) is 8.44. The van der Waals surface area contributed by atoms with Gasteiger partial charge in [-0.1, -0.05) is 12.1 Å². The van der Waals surface area contributed by atoms with Crippen LogP contribution in [0.2, 0.25) is 0 Å². The number of carbonyl (C=O) groups is 2. The molecule has 108 valence electrons. The van der Waals surface area contributed by atoms with Gasteiger partial charge in [-0.2, -0.15) is 0 Å². The Hall–Kier alpha value is -2.54. The van der Waals surface area contributed by atoms with Gasteiger partial charge in [0, 0.05) is 5.69 Å². The van der Waals surface area contributed by atoms with Crippen LogP contribution in [0.15, 0.2) is 40.9 Å². The minimum Gasteiger partial charge on any atom is -0.507 e. The second-order valence-corrected chi connectivity index (χ2v) is 4.98. The maximum Gasteiger partial charge on any atom is 0.339 e. The fourth-order valence-corrected chi connectivity index (χ4v) is 2.16. The molecule has 0 atom stereocenters. The molecule has 2 aromatic carbocycles. The maximum absolute atomic E-state index is 12.0. The number of hydrogen-bond donors (Lipinski definition) is 4. The van der Waals surface area contributed by atoms with Crippen molar-refractivity contribution < 1.29 is 24.9 Å². The second-order valence-electron chi connectivity index (χ2n) is 4.13. The van der Waals surface area contributed by atoms with Crippen molar-refractivity contribution in [3.8, 4) is 11.5 Å². The van der Waals surface area contributed by atoms with Gasteiger partial charge in [-0.15, -0.1) is 0 Å². The van der Waals surface area contributed by atoms with Gasteiger partial charge >= 0.3 is 5.97 Å². The Kier molecular flexibility index (Phi) is 4.13. The molecule has 0 bridgehead atoms. The smallest absolute Gasteiger partial charge is 0.339 e. The van der Waals surface area contributed by atoms with Gasteiger partial charge in [-0.05, 0) is 40.2 Å². The zero-order chi connectivity index (χ0) is 15.6. The number of para-hydroxylation sites is 1. The molecule has 6 nitrogen and oxygen atoms in total. The first-order valence-electron chi connectivity index (χ1n) is 5.75. The van der Waals surface area contributed by atoms with E-state index >= 15 is 0 Å². The Morgan fingerprint density at radius 2 is 1.71 bits per heavy atom. The molecule has 7 heteroatoms. The van der Waals surface area contributed by atoms with Crippen molar-refractivity contribution in [1.29, 1.82) is 0 Å². The first-order valence-corrected chi connectivity index (χ1v) is 6.54. The van der Waals surface area contributed by atoms with Crippen molar-refractivity contribution in [1.82, 2.24) is 0 Å². The molecule has 0 fully saturated rings. The van der Waals surface area contributed by atoms with E-state index in [0.29, 0.717) is 0 Å². The molecule has 0 unspecified atom stereocenters. The zero-order valence-corrected chi connectivity index (χ0v) is 12.1. The highest BCUT2D eigenvalue weighted by molar-refractivity contribution is 9.10. The van der Waals surface area contributed by atoms with Gasteiger partial charge in [0.2, 0.25) is 0 Å². The monoisotopic (exact) mass is 351 g/mol. The molecule has 0 aliphatic heterocycles. The molecule has 0 aromatic heterocycles. The number of aromatic hydroxyl groups is 2. The normalized spacial score (nSPS) is 10.1. The molecule has 0 saturated carbocycles. The minimum atomic E-state index is -1.33. The third-order valence-corrected chi connectivity index (χ3v) is 3.30. The predicted octanol–water partition coefficient (Wildman–Crippen LogP) is 2.81. The number of phenolic OH excluding ortho intramolecular Hbond substituents is 1.